The molecule has 0 unspecified atom stereocenters. The van der Waals surface area contributed by atoms with Crippen molar-refractivity contribution in [3.8, 4) is 0 Å². The Bertz CT molecular complexity index is 794. The number of aryl methyl sites for hydroxylation is 1. The van der Waals surface area contributed by atoms with E-state index in [1.54, 1.807) is 41.2 Å². The first-order valence-corrected chi connectivity index (χ1v) is 7.85. The number of aromatic nitrogens is 1. The topological polar surface area (TPSA) is 75.8 Å². The van der Waals surface area contributed by atoms with Crippen LogP contribution in [0.5, 0.6) is 0 Å². The molecular formula is C17H19N3O4. The number of amides is 2. The highest BCUT2D eigenvalue weighted by molar-refractivity contribution is 5.94. The molecule has 2 aromatic heterocycles. The molecule has 3 rings (SSSR count). The number of carbonyl (C=O) groups is 2. The molecular weight excluding hydrogens is 310 g/mol. The van der Waals surface area contributed by atoms with Crippen molar-refractivity contribution >= 4 is 11.8 Å². The van der Waals surface area contributed by atoms with Gasteiger partial charge in [-0.3, -0.25) is 14.4 Å². The van der Waals surface area contributed by atoms with E-state index in [0.29, 0.717) is 43.9 Å². The summed E-state index contributed by atoms with van der Waals surface area (Å²) in [7, 11) is 1.62. The zero-order chi connectivity index (χ0) is 17.1. The summed E-state index contributed by atoms with van der Waals surface area (Å²) in [4.78, 5) is 39.8. The molecule has 24 heavy (non-hydrogen) atoms. The highest BCUT2D eigenvalue weighted by Gasteiger charge is 2.24. The van der Waals surface area contributed by atoms with Crippen molar-refractivity contribution in [2.24, 2.45) is 7.05 Å². The monoisotopic (exact) mass is 329 g/mol. The highest BCUT2D eigenvalue weighted by Crippen LogP contribution is 2.12. The maximum atomic E-state index is 12.6. The van der Waals surface area contributed by atoms with Crippen LogP contribution >= 0.6 is 0 Å². The van der Waals surface area contributed by atoms with E-state index in [1.165, 1.54) is 16.9 Å². The van der Waals surface area contributed by atoms with E-state index >= 15 is 0 Å². The van der Waals surface area contributed by atoms with E-state index in [-0.39, 0.29) is 17.4 Å². The summed E-state index contributed by atoms with van der Waals surface area (Å²) in [5.74, 6) is 0.0298. The average molecular weight is 329 g/mol. The lowest BCUT2D eigenvalue weighted by Crippen LogP contribution is -2.37. The second-order valence-electron chi connectivity index (χ2n) is 5.78. The summed E-state index contributed by atoms with van der Waals surface area (Å²) in [5.41, 5.74) is 0.320. The Hall–Kier alpha value is -2.83. The Morgan fingerprint density at radius 1 is 1.00 bits per heavy atom. The molecule has 126 valence electrons. The number of hydrogen-bond acceptors (Lipinski definition) is 4. The van der Waals surface area contributed by atoms with Gasteiger partial charge in [-0.25, -0.2) is 0 Å². The van der Waals surface area contributed by atoms with Gasteiger partial charge in [-0.2, -0.15) is 0 Å². The van der Waals surface area contributed by atoms with Crippen LogP contribution in [0.4, 0.5) is 0 Å². The molecule has 7 nitrogen and oxygen atoms in total. The van der Waals surface area contributed by atoms with Crippen LogP contribution in [0.1, 0.15) is 27.3 Å². The van der Waals surface area contributed by atoms with Crippen LogP contribution in [0.15, 0.2) is 45.9 Å². The molecule has 7 heteroatoms. The van der Waals surface area contributed by atoms with E-state index in [1.807, 2.05) is 0 Å². The van der Waals surface area contributed by atoms with E-state index < -0.39 is 0 Å². The molecule has 0 aromatic carbocycles. The van der Waals surface area contributed by atoms with Gasteiger partial charge in [-0.1, -0.05) is 0 Å². The summed E-state index contributed by atoms with van der Waals surface area (Å²) in [5, 5.41) is 0. The maximum absolute atomic E-state index is 12.6. The van der Waals surface area contributed by atoms with Gasteiger partial charge < -0.3 is 18.8 Å². The quantitative estimate of drug-likeness (QED) is 0.823. The van der Waals surface area contributed by atoms with Crippen LogP contribution in [-0.4, -0.2) is 52.4 Å². The van der Waals surface area contributed by atoms with Gasteiger partial charge in [0.15, 0.2) is 5.76 Å². The van der Waals surface area contributed by atoms with Gasteiger partial charge in [-0.05, 0) is 24.6 Å². The van der Waals surface area contributed by atoms with Gasteiger partial charge in [0.1, 0.15) is 0 Å². The third kappa shape index (κ3) is 3.24. The van der Waals surface area contributed by atoms with Crippen molar-refractivity contribution in [1.82, 2.24) is 14.4 Å². The van der Waals surface area contributed by atoms with Gasteiger partial charge in [0.25, 0.3) is 11.8 Å². The Morgan fingerprint density at radius 2 is 1.71 bits per heavy atom. The number of furan rings is 1. The molecule has 1 saturated heterocycles. The Balaban J connectivity index is 1.68. The first-order valence-electron chi connectivity index (χ1n) is 7.85. The largest absolute Gasteiger partial charge is 0.459 e. The predicted molar refractivity (Wildman–Crippen MR) is 86.8 cm³/mol. The third-order valence-corrected chi connectivity index (χ3v) is 4.14. The summed E-state index contributed by atoms with van der Waals surface area (Å²) < 4.78 is 6.54. The molecule has 2 aromatic rings. The Morgan fingerprint density at radius 3 is 2.33 bits per heavy atom. The number of nitrogens with zero attached hydrogens (tertiary/aromatic N) is 3. The summed E-state index contributed by atoms with van der Waals surface area (Å²) in [6, 6.07) is 6.25. The smallest absolute Gasteiger partial charge is 0.289 e. The van der Waals surface area contributed by atoms with Crippen molar-refractivity contribution in [3.63, 3.8) is 0 Å². The number of hydrogen-bond donors (Lipinski definition) is 0. The Kier molecular flexibility index (Phi) is 4.50. The van der Waals surface area contributed by atoms with E-state index in [2.05, 4.69) is 0 Å². The zero-order valence-corrected chi connectivity index (χ0v) is 13.5. The van der Waals surface area contributed by atoms with Gasteiger partial charge in [0, 0.05) is 45.5 Å². The number of pyridine rings is 1. The fraction of sp³-hybridized carbons (Fsp3) is 0.353. The van der Waals surface area contributed by atoms with Gasteiger partial charge >= 0.3 is 0 Å². The minimum absolute atomic E-state index is 0.127. The molecule has 0 radical (unpaired) electrons. The van der Waals surface area contributed by atoms with Crippen molar-refractivity contribution in [2.75, 3.05) is 26.2 Å². The molecule has 1 aliphatic rings. The second-order valence-corrected chi connectivity index (χ2v) is 5.78. The normalized spacial score (nSPS) is 15.2. The fourth-order valence-electron chi connectivity index (χ4n) is 2.78. The van der Waals surface area contributed by atoms with Crippen LogP contribution < -0.4 is 5.56 Å². The second kappa shape index (κ2) is 6.74. The van der Waals surface area contributed by atoms with Gasteiger partial charge in [0.2, 0.25) is 5.56 Å². The van der Waals surface area contributed by atoms with Crippen molar-refractivity contribution in [1.29, 1.82) is 0 Å². The van der Waals surface area contributed by atoms with Gasteiger partial charge in [0.05, 0.1) is 11.8 Å². The molecule has 1 fully saturated rings. The molecule has 3 heterocycles. The van der Waals surface area contributed by atoms with Crippen molar-refractivity contribution in [3.05, 3.63) is 58.4 Å². The van der Waals surface area contributed by atoms with E-state index in [4.69, 9.17) is 4.42 Å². The van der Waals surface area contributed by atoms with Crippen LogP contribution in [0.25, 0.3) is 0 Å². The number of rotatable bonds is 2. The highest BCUT2D eigenvalue weighted by atomic mass is 16.3. The van der Waals surface area contributed by atoms with Crippen molar-refractivity contribution < 1.29 is 14.0 Å². The third-order valence-electron chi connectivity index (χ3n) is 4.14. The van der Waals surface area contributed by atoms with E-state index in [0.717, 1.165) is 0 Å². The first kappa shape index (κ1) is 16.0. The standard InChI is InChI=1S/C17H19N3O4/c1-18-12-13(5-6-15(18)21)16(22)19-7-3-8-20(10-9-19)17(23)14-4-2-11-24-14/h2,4-6,11-12H,3,7-10H2,1H3. The van der Waals surface area contributed by atoms with Crippen LogP contribution in [0, 0.1) is 0 Å². The summed E-state index contributed by atoms with van der Waals surface area (Å²) >= 11 is 0. The van der Waals surface area contributed by atoms with Crippen LogP contribution in [0.3, 0.4) is 0 Å². The van der Waals surface area contributed by atoms with Crippen LogP contribution in [0.2, 0.25) is 0 Å². The number of carbonyl (C=O) groups excluding carboxylic acids is 2. The summed E-state index contributed by atoms with van der Waals surface area (Å²) in [6.45, 7) is 2.06. The van der Waals surface area contributed by atoms with Gasteiger partial charge in [-0.15, -0.1) is 0 Å². The minimum atomic E-state index is -0.156. The molecule has 0 aliphatic carbocycles. The lowest BCUT2D eigenvalue weighted by atomic mass is 10.2. The van der Waals surface area contributed by atoms with E-state index in [9.17, 15) is 14.4 Å². The lowest BCUT2D eigenvalue weighted by molar-refractivity contribution is 0.0700. The zero-order valence-electron chi connectivity index (χ0n) is 13.5. The van der Waals surface area contributed by atoms with Crippen molar-refractivity contribution in [2.45, 2.75) is 6.42 Å². The van der Waals surface area contributed by atoms with Crippen LogP contribution in [-0.2, 0) is 7.05 Å². The minimum Gasteiger partial charge on any atom is -0.459 e. The molecule has 2 amide bonds. The molecule has 0 saturated carbocycles. The molecule has 0 atom stereocenters. The molecule has 0 bridgehead atoms. The fourth-order valence-corrected chi connectivity index (χ4v) is 2.78. The maximum Gasteiger partial charge on any atom is 0.289 e. The lowest BCUT2D eigenvalue weighted by Gasteiger charge is -2.21. The average Bonchev–Trinajstić information content (AvgIpc) is 3.00. The molecule has 0 N–H and O–H groups in total. The molecule has 1 aliphatic heterocycles. The summed E-state index contributed by atoms with van der Waals surface area (Å²) in [6.07, 6.45) is 3.71. The SMILES string of the molecule is Cn1cc(C(=O)N2CCCN(C(=O)c3ccco3)CC2)ccc1=O. The Labute approximate surface area is 139 Å². The molecule has 0 spiro atoms. The predicted octanol–water partition coefficient (Wildman–Crippen LogP) is 0.967. The first-order chi connectivity index (χ1) is 11.6.